The Morgan fingerprint density at radius 2 is 1.88 bits per heavy atom. The second-order valence-corrected chi connectivity index (χ2v) is 10.1. The van der Waals surface area contributed by atoms with Crippen molar-refractivity contribution in [2.45, 2.75) is 58.3 Å². The molecule has 0 radical (unpaired) electrons. The molecule has 180 valence electrons. The molecule has 0 heterocycles. The number of sulfonamides is 1. The quantitative estimate of drug-likeness (QED) is 0.381. The number of allylic oxidation sites excluding steroid dienone is 1. The lowest BCUT2D eigenvalue weighted by molar-refractivity contribution is -0.122. The minimum Gasteiger partial charge on any atom is -0.507 e. The van der Waals surface area contributed by atoms with Gasteiger partial charge in [-0.2, -0.15) is 0 Å². The van der Waals surface area contributed by atoms with Gasteiger partial charge in [0.2, 0.25) is 5.91 Å². The van der Waals surface area contributed by atoms with Crippen molar-refractivity contribution in [3.63, 3.8) is 0 Å². The summed E-state index contributed by atoms with van der Waals surface area (Å²) in [4.78, 5) is 11.9. The van der Waals surface area contributed by atoms with E-state index < -0.39 is 32.5 Å². The summed E-state index contributed by atoms with van der Waals surface area (Å²) in [7, 11) is -4.44. The summed E-state index contributed by atoms with van der Waals surface area (Å²) in [6.45, 7) is 11.1. The molecule has 7 nitrogen and oxygen atoms in total. The summed E-state index contributed by atoms with van der Waals surface area (Å²) >= 11 is 0. The molecule has 0 aliphatic carbocycles. The van der Waals surface area contributed by atoms with Crippen LogP contribution in [0.25, 0.3) is 16.7 Å². The number of nitrogens with two attached hydrogens (primary N) is 1. The molecule has 0 aliphatic rings. The number of benzene rings is 2. The third kappa shape index (κ3) is 5.94. The molecule has 2 aromatic rings. The highest BCUT2D eigenvalue weighted by molar-refractivity contribution is 7.90. The van der Waals surface area contributed by atoms with E-state index in [0.29, 0.717) is 29.5 Å². The molecule has 0 saturated carbocycles. The van der Waals surface area contributed by atoms with E-state index in [1.807, 2.05) is 24.6 Å². The third-order valence-electron chi connectivity index (χ3n) is 5.57. The highest BCUT2D eigenvalue weighted by Gasteiger charge is 2.31. The molecular formula is C25H34N2O5S. The number of nitrogens with one attached hydrogen (secondary N) is 1. The first-order valence-electron chi connectivity index (χ1n) is 11.1. The number of carbonyl (C=O) groups excluding carboxylic acids is 1. The lowest BCUT2D eigenvalue weighted by Gasteiger charge is -2.20. The Kier molecular flexibility index (Phi) is 8.69. The van der Waals surface area contributed by atoms with Crippen LogP contribution in [0.4, 0.5) is 0 Å². The fraction of sp³-hybridized carbons (Fsp3) is 0.400. The highest BCUT2D eigenvalue weighted by atomic mass is 32.2. The van der Waals surface area contributed by atoms with Gasteiger partial charge in [0, 0.05) is 12.5 Å². The summed E-state index contributed by atoms with van der Waals surface area (Å²) < 4.78 is 28.6. The van der Waals surface area contributed by atoms with Crippen molar-refractivity contribution in [1.29, 1.82) is 0 Å². The van der Waals surface area contributed by atoms with Gasteiger partial charge in [0.05, 0.1) is 5.56 Å². The molecule has 0 spiro atoms. The molecule has 0 aliphatic heterocycles. The number of hydrogen-bond acceptors (Lipinski definition) is 6. The number of phenolic OH excluding ortho intramolecular Hbond substituents is 2. The van der Waals surface area contributed by atoms with E-state index >= 15 is 0 Å². The predicted molar refractivity (Wildman–Crippen MR) is 131 cm³/mol. The molecule has 2 rings (SSSR count). The Labute approximate surface area is 196 Å². The molecule has 1 amide bonds. The molecule has 1 atom stereocenters. The number of aryl methyl sites for hydroxylation is 2. The monoisotopic (exact) mass is 474 g/mol. The van der Waals surface area contributed by atoms with Gasteiger partial charge < -0.3 is 15.9 Å². The van der Waals surface area contributed by atoms with Crippen LogP contribution in [-0.4, -0.2) is 31.1 Å². The number of carbonyl (C=O) groups is 1. The number of phenols is 2. The largest absolute Gasteiger partial charge is 0.507 e. The van der Waals surface area contributed by atoms with Crippen LogP contribution in [0.2, 0.25) is 0 Å². The van der Waals surface area contributed by atoms with Crippen LogP contribution in [0.5, 0.6) is 11.5 Å². The minimum absolute atomic E-state index is 0.0179. The Morgan fingerprint density at radius 3 is 2.45 bits per heavy atom. The predicted octanol–water partition coefficient (Wildman–Crippen LogP) is 4.24. The zero-order chi connectivity index (χ0) is 24.9. The molecule has 33 heavy (non-hydrogen) atoms. The van der Waals surface area contributed by atoms with Crippen LogP contribution in [0.1, 0.15) is 56.7 Å². The highest BCUT2D eigenvalue weighted by Crippen LogP contribution is 2.46. The number of hydrogen-bond donors (Lipinski definition) is 4. The van der Waals surface area contributed by atoms with Gasteiger partial charge >= 0.3 is 0 Å². The lowest BCUT2D eigenvalue weighted by atomic mass is 9.91. The zero-order valence-corrected chi connectivity index (χ0v) is 20.6. The lowest BCUT2D eigenvalue weighted by Crippen LogP contribution is -2.37. The smallest absolute Gasteiger partial charge is 0.268 e. The van der Waals surface area contributed by atoms with Crippen LogP contribution in [-0.2, 0) is 21.2 Å². The SMILES string of the molecule is C=C(C)c1ccc(C)cc1-c1c(O)cc(CCCCC)c(S(=O)(=O)NC(=O)C(C)CN)c1O. The third-order valence-corrected chi connectivity index (χ3v) is 7.03. The molecule has 2 aromatic carbocycles. The van der Waals surface area contributed by atoms with Crippen molar-refractivity contribution < 1.29 is 23.4 Å². The standard InChI is InChI=1S/C25H34N2O5S/c1-6-7-8-9-18-13-21(28)22(20-12-16(4)10-11-19(20)15(2)3)23(29)24(18)33(31,32)27-25(30)17(5)14-26/h10-13,17,28-29H,2,6-9,14,26H2,1,3-5H3,(H,27,30). The fourth-order valence-corrected chi connectivity index (χ4v) is 5.07. The summed E-state index contributed by atoms with van der Waals surface area (Å²) in [5.74, 6) is -2.33. The van der Waals surface area contributed by atoms with E-state index in [-0.39, 0.29) is 23.4 Å². The van der Waals surface area contributed by atoms with Gasteiger partial charge in [0.1, 0.15) is 16.4 Å². The molecule has 1 unspecified atom stereocenters. The van der Waals surface area contributed by atoms with Crippen molar-refractivity contribution >= 4 is 21.5 Å². The first-order valence-corrected chi connectivity index (χ1v) is 12.5. The van der Waals surface area contributed by atoms with Crippen LogP contribution < -0.4 is 10.5 Å². The summed E-state index contributed by atoms with van der Waals surface area (Å²) in [5.41, 5.74) is 8.39. The topological polar surface area (TPSA) is 130 Å². The molecule has 0 aromatic heterocycles. The Balaban J connectivity index is 2.81. The second-order valence-electron chi connectivity index (χ2n) is 8.50. The molecule has 5 N–H and O–H groups in total. The Hall–Kier alpha value is -2.84. The fourth-order valence-electron chi connectivity index (χ4n) is 3.63. The van der Waals surface area contributed by atoms with E-state index in [9.17, 15) is 23.4 Å². The summed E-state index contributed by atoms with van der Waals surface area (Å²) in [6.07, 6.45) is 2.73. The second kappa shape index (κ2) is 10.9. The molecule has 0 saturated heterocycles. The molecule has 0 bridgehead atoms. The van der Waals surface area contributed by atoms with Gasteiger partial charge in [-0.25, -0.2) is 13.1 Å². The maximum absolute atomic E-state index is 13.3. The average Bonchev–Trinajstić information content (AvgIpc) is 2.72. The van der Waals surface area contributed by atoms with Crippen LogP contribution in [0, 0.1) is 12.8 Å². The van der Waals surface area contributed by atoms with E-state index in [1.165, 1.54) is 13.0 Å². The van der Waals surface area contributed by atoms with E-state index in [2.05, 4.69) is 6.58 Å². The van der Waals surface area contributed by atoms with Crippen molar-refractivity contribution in [1.82, 2.24) is 4.72 Å². The van der Waals surface area contributed by atoms with Gasteiger partial charge in [-0.3, -0.25) is 4.79 Å². The van der Waals surface area contributed by atoms with Crippen LogP contribution in [0.3, 0.4) is 0 Å². The van der Waals surface area contributed by atoms with Crippen molar-refractivity contribution in [3.8, 4) is 22.6 Å². The zero-order valence-electron chi connectivity index (χ0n) is 19.7. The minimum atomic E-state index is -4.44. The van der Waals surface area contributed by atoms with Gasteiger partial charge in [-0.1, -0.05) is 62.6 Å². The van der Waals surface area contributed by atoms with E-state index in [1.54, 1.807) is 19.1 Å². The van der Waals surface area contributed by atoms with Gasteiger partial charge in [-0.05, 0) is 49.4 Å². The van der Waals surface area contributed by atoms with Gasteiger partial charge in [0.25, 0.3) is 10.0 Å². The van der Waals surface area contributed by atoms with E-state index in [4.69, 9.17) is 5.73 Å². The van der Waals surface area contributed by atoms with Crippen LogP contribution in [0.15, 0.2) is 35.7 Å². The number of unbranched alkanes of at least 4 members (excludes halogenated alkanes) is 2. The maximum Gasteiger partial charge on any atom is 0.268 e. The van der Waals surface area contributed by atoms with Crippen molar-refractivity contribution in [3.05, 3.63) is 47.5 Å². The van der Waals surface area contributed by atoms with E-state index in [0.717, 1.165) is 18.4 Å². The Bertz CT molecular complexity index is 1160. The van der Waals surface area contributed by atoms with Gasteiger partial charge in [0.15, 0.2) is 0 Å². The molecular weight excluding hydrogens is 440 g/mol. The molecule has 8 heteroatoms. The maximum atomic E-state index is 13.3. The number of aromatic hydroxyl groups is 2. The van der Waals surface area contributed by atoms with Crippen molar-refractivity contribution in [2.75, 3.05) is 6.54 Å². The Morgan fingerprint density at radius 1 is 1.21 bits per heavy atom. The molecule has 0 fully saturated rings. The normalized spacial score (nSPS) is 12.4. The van der Waals surface area contributed by atoms with Gasteiger partial charge in [-0.15, -0.1) is 0 Å². The average molecular weight is 475 g/mol. The van der Waals surface area contributed by atoms with Crippen molar-refractivity contribution in [2.24, 2.45) is 11.7 Å². The first kappa shape index (κ1) is 26.4. The first-order chi connectivity index (χ1) is 15.4. The number of rotatable bonds is 10. The van der Waals surface area contributed by atoms with Crippen LogP contribution >= 0.6 is 0 Å². The summed E-state index contributed by atoms with van der Waals surface area (Å²) in [5, 5.41) is 22.1. The summed E-state index contributed by atoms with van der Waals surface area (Å²) in [6, 6.07) is 6.79. The number of amides is 1.